The van der Waals surface area contributed by atoms with Gasteiger partial charge in [0.2, 0.25) is 0 Å². The number of hydrazine groups is 1. The van der Waals surface area contributed by atoms with Crippen molar-refractivity contribution in [1.29, 1.82) is 0 Å². The first-order valence-electron chi connectivity index (χ1n) is 6.33. The van der Waals surface area contributed by atoms with E-state index in [0.717, 1.165) is 17.4 Å². The van der Waals surface area contributed by atoms with Crippen LogP contribution < -0.4 is 11.3 Å². The van der Waals surface area contributed by atoms with Crippen LogP contribution in [0.2, 0.25) is 0 Å². The molecule has 0 amide bonds. The Kier molecular flexibility index (Phi) is 3.74. The Morgan fingerprint density at radius 3 is 2.75 bits per heavy atom. The number of halogens is 2. The van der Waals surface area contributed by atoms with Crippen LogP contribution in [0.5, 0.6) is 0 Å². The lowest BCUT2D eigenvalue weighted by Gasteiger charge is -2.24. The SMILES string of the molecule is NNC(c1ccc(F)cc1F)C1CSc2ccccc21. The minimum absolute atomic E-state index is 0.0705. The van der Waals surface area contributed by atoms with E-state index in [4.69, 9.17) is 5.84 Å². The van der Waals surface area contributed by atoms with Crippen molar-refractivity contribution in [2.24, 2.45) is 5.84 Å². The number of rotatable bonds is 3. The fourth-order valence-corrected chi connectivity index (χ4v) is 3.93. The van der Waals surface area contributed by atoms with Gasteiger partial charge < -0.3 is 0 Å². The van der Waals surface area contributed by atoms with Gasteiger partial charge in [-0.2, -0.15) is 0 Å². The van der Waals surface area contributed by atoms with Crippen molar-refractivity contribution in [2.45, 2.75) is 16.9 Å². The van der Waals surface area contributed by atoms with Crippen molar-refractivity contribution in [3.63, 3.8) is 0 Å². The molecule has 2 unspecified atom stereocenters. The van der Waals surface area contributed by atoms with E-state index in [1.807, 2.05) is 18.2 Å². The average molecular weight is 292 g/mol. The molecule has 2 aromatic rings. The van der Waals surface area contributed by atoms with Crippen LogP contribution in [0.3, 0.4) is 0 Å². The van der Waals surface area contributed by atoms with Crippen molar-refractivity contribution in [3.8, 4) is 0 Å². The van der Waals surface area contributed by atoms with Gasteiger partial charge in [0, 0.05) is 28.2 Å². The summed E-state index contributed by atoms with van der Waals surface area (Å²) < 4.78 is 27.0. The summed E-state index contributed by atoms with van der Waals surface area (Å²) in [6.45, 7) is 0. The molecule has 5 heteroatoms. The van der Waals surface area contributed by atoms with E-state index in [0.29, 0.717) is 5.56 Å². The maximum Gasteiger partial charge on any atom is 0.130 e. The van der Waals surface area contributed by atoms with E-state index >= 15 is 0 Å². The molecule has 3 N–H and O–H groups in total. The quantitative estimate of drug-likeness (QED) is 0.673. The second kappa shape index (κ2) is 5.52. The lowest BCUT2D eigenvalue weighted by atomic mass is 9.89. The molecule has 20 heavy (non-hydrogen) atoms. The summed E-state index contributed by atoms with van der Waals surface area (Å²) in [5, 5.41) is 0. The van der Waals surface area contributed by atoms with E-state index in [1.54, 1.807) is 11.8 Å². The minimum Gasteiger partial charge on any atom is -0.271 e. The van der Waals surface area contributed by atoms with Crippen LogP contribution >= 0.6 is 11.8 Å². The molecule has 0 spiro atoms. The van der Waals surface area contributed by atoms with E-state index in [-0.39, 0.29) is 12.0 Å². The molecule has 3 rings (SSSR count). The molecule has 0 aromatic heterocycles. The van der Waals surface area contributed by atoms with Crippen molar-refractivity contribution in [3.05, 3.63) is 65.2 Å². The van der Waals surface area contributed by atoms with Gasteiger partial charge in [0.25, 0.3) is 0 Å². The molecule has 2 aromatic carbocycles. The third kappa shape index (κ3) is 2.32. The Balaban J connectivity index is 1.99. The summed E-state index contributed by atoms with van der Waals surface area (Å²) in [6, 6.07) is 11.3. The number of thioether (sulfide) groups is 1. The molecule has 0 saturated carbocycles. The highest BCUT2D eigenvalue weighted by Crippen LogP contribution is 2.45. The number of fused-ring (bicyclic) bond motifs is 1. The summed E-state index contributed by atoms with van der Waals surface area (Å²) in [5.74, 6) is 5.38. The van der Waals surface area contributed by atoms with Gasteiger partial charge in [-0.3, -0.25) is 11.3 Å². The Labute approximate surface area is 120 Å². The molecule has 0 bridgehead atoms. The summed E-state index contributed by atoms with van der Waals surface area (Å²) in [6.07, 6.45) is 0. The van der Waals surface area contributed by atoms with Gasteiger partial charge in [-0.15, -0.1) is 11.8 Å². The standard InChI is InChI=1S/C15H14F2N2S/c16-9-5-6-11(13(17)7-9)15(19-18)12-8-20-14-4-2-1-3-10(12)14/h1-7,12,15,19H,8,18H2. The van der Waals surface area contributed by atoms with E-state index in [1.165, 1.54) is 17.0 Å². The molecule has 0 radical (unpaired) electrons. The Morgan fingerprint density at radius 1 is 1.20 bits per heavy atom. The molecule has 0 aliphatic carbocycles. The maximum absolute atomic E-state index is 14.0. The van der Waals surface area contributed by atoms with E-state index in [2.05, 4.69) is 11.5 Å². The van der Waals surface area contributed by atoms with Crippen LogP contribution in [-0.4, -0.2) is 5.75 Å². The zero-order valence-electron chi connectivity index (χ0n) is 10.6. The van der Waals surface area contributed by atoms with E-state index in [9.17, 15) is 8.78 Å². The summed E-state index contributed by atoms with van der Waals surface area (Å²) in [5.41, 5.74) is 4.24. The minimum atomic E-state index is -0.580. The fourth-order valence-electron chi connectivity index (χ4n) is 2.64. The molecule has 1 aliphatic heterocycles. The predicted molar refractivity (Wildman–Crippen MR) is 76.3 cm³/mol. The van der Waals surface area contributed by atoms with Crippen LogP contribution in [0.1, 0.15) is 23.1 Å². The van der Waals surface area contributed by atoms with Crippen LogP contribution in [0.15, 0.2) is 47.4 Å². The highest BCUT2D eigenvalue weighted by atomic mass is 32.2. The topological polar surface area (TPSA) is 38.0 Å². The van der Waals surface area contributed by atoms with Gasteiger partial charge in [-0.05, 0) is 17.7 Å². The highest BCUT2D eigenvalue weighted by Gasteiger charge is 2.32. The number of hydrogen-bond acceptors (Lipinski definition) is 3. The molecular formula is C15H14F2N2S. The number of benzene rings is 2. The van der Waals surface area contributed by atoms with E-state index < -0.39 is 11.6 Å². The van der Waals surface area contributed by atoms with Gasteiger partial charge in [0.05, 0.1) is 6.04 Å². The third-order valence-electron chi connectivity index (χ3n) is 3.62. The van der Waals surface area contributed by atoms with Gasteiger partial charge >= 0.3 is 0 Å². The van der Waals surface area contributed by atoms with Gasteiger partial charge in [0.15, 0.2) is 0 Å². The van der Waals surface area contributed by atoms with Crippen LogP contribution in [0.25, 0.3) is 0 Å². The molecule has 0 saturated heterocycles. The monoisotopic (exact) mass is 292 g/mol. The first kappa shape index (κ1) is 13.5. The highest BCUT2D eigenvalue weighted by molar-refractivity contribution is 7.99. The average Bonchev–Trinajstić information content (AvgIpc) is 2.86. The van der Waals surface area contributed by atoms with Crippen LogP contribution in [0.4, 0.5) is 8.78 Å². The lowest BCUT2D eigenvalue weighted by molar-refractivity contribution is 0.457. The lowest BCUT2D eigenvalue weighted by Crippen LogP contribution is -2.33. The number of hydrogen-bond donors (Lipinski definition) is 2. The fraction of sp³-hybridized carbons (Fsp3) is 0.200. The first-order valence-corrected chi connectivity index (χ1v) is 7.32. The number of nitrogens with two attached hydrogens (primary N) is 1. The third-order valence-corrected chi connectivity index (χ3v) is 4.82. The van der Waals surface area contributed by atoms with Crippen molar-refractivity contribution >= 4 is 11.8 Å². The van der Waals surface area contributed by atoms with Crippen molar-refractivity contribution < 1.29 is 8.78 Å². The Morgan fingerprint density at radius 2 is 2.00 bits per heavy atom. The Hall–Kier alpha value is -1.43. The summed E-state index contributed by atoms with van der Waals surface area (Å²) >= 11 is 1.73. The molecule has 1 aliphatic rings. The van der Waals surface area contributed by atoms with Crippen molar-refractivity contribution in [1.82, 2.24) is 5.43 Å². The summed E-state index contributed by atoms with van der Waals surface area (Å²) in [4.78, 5) is 1.19. The molecule has 2 atom stereocenters. The van der Waals surface area contributed by atoms with Gasteiger partial charge in [0.1, 0.15) is 11.6 Å². The zero-order chi connectivity index (χ0) is 14.1. The molecule has 104 valence electrons. The van der Waals surface area contributed by atoms with Gasteiger partial charge in [-0.25, -0.2) is 8.78 Å². The smallest absolute Gasteiger partial charge is 0.130 e. The molecular weight excluding hydrogens is 278 g/mol. The van der Waals surface area contributed by atoms with Gasteiger partial charge in [-0.1, -0.05) is 24.3 Å². The second-order valence-corrected chi connectivity index (χ2v) is 5.83. The van der Waals surface area contributed by atoms with Crippen LogP contribution in [0, 0.1) is 11.6 Å². The normalized spacial score (nSPS) is 18.9. The molecule has 2 nitrogen and oxygen atoms in total. The Bertz CT molecular complexity index is 633. The zero-order valence-corrected chi connectivity index (χ0v) is 11.5. The second-order valence-electron chi connectivity index (χ2n) is 4.77. The van der Waals surface area contributed by atoms with Crippen LogP contribution in [-0.2, 0) is 0 Å². The largest absolute Gasteiger partial charge is 0.271 e. The maximum atomic E-state index is 14.0. The summed E-state index contributed by atoms with van der Waals surface area (Å²) in [7, 11) is 0. The molecule has 0 fully saturated rings. The molecule has 1 heterocycles. The van der Waals surface area contributed by atoms with Crippen molar-refractivity contribution in [2.75, 3.05) is 5.75 Å². The first-order chi connectivity index (χ1) is 9.70. The predicted octanol–water partition coefficient (Wildman–Crippen LogP) is 3.36. The number of nitrogens with one attached hydrogen (secondary N) is 1.